The van der Waals surface area contributed by atoms with Crippen molar-refractivity contribution in [2.75, 3.05) is 25.0 Å². The van der Waals surface area contributed by atoms with Crippen LogP contribution in [-0.2, 0) is 4.79 Å². The summed E-state index contributed by atoms with van der Waals surface area (Å²) in [4.78, 5) is 14.2. The van der Waals surface area contributed by atoms with Gasteiger partial charge in [0.1, 0.15) is 6.04 Å². The second-order valence-electron chi connectivity index (χ2n) is 7.92. The number of para-hydroxylation sites is 1. The quantitative estimate of drug-likeness (QED) is 0.754. The zero-order valence-corrected chi connectivity index (χ0v) is 16.7. The topological polar surface area (TPSA) is 59.4 Å². The molecule has 2 aliphatic heterocycles. The van der Waals surface area contributed by atoms with E-state index in [2.05, 4.69) is 24.5 Å². The summed E-state index contributed by atoms with van der Waals surface area (Å²) in [5.74, 6) is -1.82. The van der Waals surface area contributed by atoms with Crippen molar-refractivity contribution >= 4 is 11.6 Å². The van der Waals surface area contributed by atoms with Gasteiger partial charge in [-0.05, 0) is 37.3 Å². The van der Waals surface area contributed by atoms with Crippen LogP contribution in [0.4, 0.5) is 18.9 Å². The van der Waals surface area contributed by atoms with Crippen LogP contribution in [0.5, 0.6) is 0 Å². The lowest BCUT2D eigenvalue weighted by molar-refractivity contribution is -0.184. The van der Waals surface area contributed by atoms with Crippen molar-refractivity contribution in [3.8, 4) is 6.07 Å². The summed E-state index contributed by atoms with van der Waals surface area (Å²) in [5.41, 5.74) is 2.47. The number of rotatable bonds is 6. The van der Waals surface area contributed by atoms with Gasteiger partial charge in [-0.15, -0.1) is 0 Å². The van der Waals surface area contributed by atoms with E-state index in [0.29, 0.717) is 25.8 Å². The van der Waals surface area contributed by atoms with E-state index in [1.54, 1.807) is 0 Å². The van der Waals surface area contributed by atoms with E-state index < -0.39 is 12.1 Å². The Labute approximate surface area is 174 Å². The van der Waals surface area contributed by atoms with Crippen LogP contribution < -0.4 is 5.32 Å². The Morgan fingerprint density at radius 2 is 1.93 bits per heavy atom. The van der Waals surface area contributed by atoms with Crippen LogP contribution in [0.1, 0.15) is 19.3 Å². The molecule has 30 heavy (non-hydrogen) atoms. The predicted octanol–water partition coefficient (Wildman–Crippen LogP) is 4.14. The van der Waals surface area contributed by atoms with Gasteiger partial charge < -0.3 is 15.1 Å². The van der Waals surface area contributed by atoms with E-state index in [4.69, 9.17) is 0 Å². The third-order valence-electron chi connectivity index (χ3n) is 5.77. The molecule has 3 rings (SSSR count). The molecule has 1 N–H and O–H groups in total. The molecule has 0 aromatic heterocycles. The second kappa shape index (κ2) is 8.82. The van der Waals surface area contributed by atoms with Gasteiger partial charge in [-0.25, -0.2) is 0 Å². The van der Waals surface area contributed by atoms with E-state index in [1.807, 2.05) is 35.2 Å². The first-order valence-electron chi connectivity index (χ1n) is 9.90. The minimum Gasteiger partial charge on any atom is -0.359 e. The van der Waals surface area contributed by atoms with Gasteiger partial charge in [-0.3, -0.25) is 4.79 Å². The van der Waals surface area contributed by atoms with E-state index in [-0.39, 0.29) is 31.0 Å². The van der Waals surface area contributed by atoms with Crippen molar-refractivity contribution in [2.24, 2.45) is 11.8 Å². The fourth-order valence-corrected chi connectivity index (χ4v) is 4.18. The van der Waals surface area contributed by atoms with Gasteiger partial charge in [0, 0.05) is 42.6 Å². The van der Waals surface area contributed by atoms with Crippen LogP contribution in [0.25, 0.3) is 0 Å². The molecular formula is C22H25F3N4O. The molecule has 3 atom stereocenters. The standard InChI is InChI=1S/C22H25F3N4O/c1-15(10-17-8-9-28(13-17)21(30)22(23,24)25)29-14-18(11-20(29)12-26)16(2)27-19-6-4-3-5-7-19/h3-7,17-18,20,27H,1-2,8-11,13-14H2. The van der Waals surface area contributed by atoms with Gasteiger partial charge in [-0.1, -0.05) is 31.4 Å². The molecule has 3 unspecified atom stereocenters. The van der Waals surface area contributed by atoms with Gasteiger partial charge in [0.2, 0.25) is 0 Å². The van der Waals surface area contributed by atoms with Crippen LogP contribution in [0.15, 0.2) is 54.9 Å². The Morgan fingerprint density at radius 3 is 2.57 bits per heavy atom. The third kappa shape index (κ3) is 4.96. The summed E-state index contributed by atoms with van der Waals surface area (Å²) >= 11 is 0. The van der Waals surface area contributed by atoms with Crippen LogP contribution in [0, 0.1) is 23.2 Å². The van der Waals surface area contributed by atoms with Gasteiger partial charge >= 0.3 is 12.1 Å². The molecule has 160 valence electrons. The number of likely N-dealkylation sites (tertiary alicyclic amines) is 2. The van der Waals surface area contributed by atoms with Gasteiger partial charge in [0.05, 0.1) is 6.07 Å². The molecule has 2 saturated heterocycles. The van der Waals surface area contributed by atoms with E-state index in [1.165, 1.54) is 0 Å². The molecule has 0 bridgehead atoms. The Bertz CT molecular complexity index is 846. The molecule has 0 aliphatic carbocycles. The highest BCUT2D eigenvalue weighted by Crippen LogP contribution is 2.34. The van der Waals surface area contributed by atoms with Gasteiger partial charge in [-0.2, -0.15) is 18.4 Å². The zero-order chi connectivity index (χ0) is 21.9. The number of amides is 1. The normalized spacial score (nSPS) is 23.9. The minimum absolute atomic E-state index is 0.0542. The molecule has 2 aliphatic rings. The van der Waals surface area contributed by atoms with Crippen molar-refractivity contribution in [3.05, 3.63) is 54.9 Å². The molecule has 5 nitrogen and oxygen atoms in total. The fourth-order valence-electron chi connectivity index (χ4n) is 4.18. The van der Waals surface area contributed by atoms with Crippen molar-refractivity contribution in [1.29, 1.82) is 5.26 Å². The van der Waals surface area contributed by atoms with Gasteiger partial charge in [0.15, 0.2) is 0 Å². The SMILES string of the molecule is C=C(Nc1ccccc1)C1CC(C#N)N(C(=C)CC2CCN(C(=O)C(F)(F)F)C2)C1. The molecule has 2 fully saturated rings. The number of halogens is 3. The molecule has 1 aromatic rings. The molecule has 0 spiro atoms. The number of nitrogens with zero attached hydrogens (tertiary/aromatic N) is 3. The third-order valence-corrected chi connectivity index (χ3v) is 5.77. The molecule has 2 heterocycles. The first kappa shape index (κ1) is 21.8. The van der Waals surface area contributed by atoms with E-state index >= 15 is 0 Å². The van der Waals surface area contributed by atoms with Crippen molar-refractivity contribution in [2.45, 2.75) is 31.5 Å². The Balaban J connectivity index is 1.56. The first-order chi connectivity index (χ1) is 14.2. The second-order valence-corrected chi connectivity index (χ2v) is 7.92. The number of carbonyl (C=O) groups excluding carboxylic acids is 1. The van der Waals surface area contributed by atoms with Crippen molar-refractivity contribution < 1.29 is 18.0 Å². The Morgan fingerprint density at radius 1 is 1.23 bits per heavy atom. The monoisotopic (exact) mass is 418 g/mol. The van der Waals surface area contributed by atoms with E-state index in [0.717, 1.165) is 22.0 Å². The summed E-state index contributed by atoms with van der Waals surface area (Å²) in [6.07, 6.45) is -3.27. The molecule has 0 saturated carbocycles. The molecule has 1 aromatic carbocycles. The maximum absolute atomic E-state index is 12.6. The zero-order valence-electron chi connectivity index (χ0n) is 16.7. The number of nitrogens with one attached hydrogen (secondary N) is 1. The summed E-state index contributed by atoms with van der Waals surface area (Å²) in [5, 5.41) is 12.9. The highest BCUT2D eigenvalue weighted by atomic mass is 19.4. The maximum Gasteiger partial charge on any atom is 0.471 e. The summed E-state index contributed by atoms with van der Waals surface area (Å²) < 4.78 is 37.9. The molecular weight excluding hydrogens is 393 g/mol. The Kier molecular flexibility index (Phi) is 6.40. The number of alkyl halides is 3. The smallest absolute Gasteiger partial charge is 0.359 e. The number of hydrogen-bond donors (Lipinski definition) is 1. The van der Waals surface area contributed by atoms with Crippen LogP contribution in [-0.4, -0.2) is 47.6 Å². The van der Waals surface area contributed by atoms with Crippen LogP contribution >= 0.6 is 0 Å². The van der Waals surface area contributed by atoms with Crippen LogP contribution in [0.3, 0.4) is 0 Å². The summed E-state index contributed by atoms with van der Waals surface area (Å²) in [6, 6.07) is 11.6. The highest BCUT2D eigenvalue weighted by Gasteiger charge is 2.44. The lowest BCUT2D eigenvalue weighted by atomic mass is 10.0. The molecule has 0 radical (unpaired) electrons. The maximum atomic E-state index is 12.6. The fraction of sp³-hybridized carbons (Fsp3) is 0.455. The number of anilines is 1. The first-order valence-corrected chi connectivity index (χ1v) is 9.90. The predicted molar refractivity (Wildman–Crippen MR) is 108 cm³/mol. The largest absolute Gasteiger partial charge is 0.471 e. The average Bonchev–Trinajstić information content (AvgIpc) is 3.34. The number of benzene rings is 1. The van der Waals surface area contributed by atoms with Crippen molar-refractivity contribution in [1.82, 2.24) is 9.80 Å². The van der Waals surface area contributed by atoms with Crippen LogP contribution in [0.2, 0.25) is 0 Å². The minimum atomic E-state index is -4.84. The summed E-state index contributed by atoms with van der Waals surface area (Å²) in [7, 11) is 0. The summed E-state index contributed by atoms with van der Waals surface area (Å²) in [6.45, 7) is 8.95. The number of allylic oxidation sites excluding steroid dienone is 1. The number of nitriles is 1. The molecule has 1 amide bonds. The number of hydrogen-bond acceptors (Lipinski definition) is 4. The average molecular weight is 418 g/mol. The highest BCUT2D eigenvalue weighted by molar-refractivity contribution is 5.82. The van der Waals surface area contributed by atoms with Gasteiger partial charge in [0.25, 0.3) is 0 Å². The lowest BCUT2D eigenvalue weighted by Crippen LogP contribution is -2.39. The lowest BCUT2D eigenvalue weighted by Gasteiger charge is -2.26. The van der Waals surface area contributed by atoms with E-state index in [9.17, 15) is 23.2 Å². The Hall–Kier alpha value is -2.95. The number of carbonyl (C=O) groups is 1. The van der Waals surface area contributed by atoms with Crippen molar-refractivity contribution in [3.63, 3.8) is 0 Å². The molecule has 8 heteroatoms.